The third-order valence-corrected chi connectivity index (χ3v) is 9.56. The Morgan fingerprint density at radius 2 is 1.04 bits per heavy atom. The molecule has 0 fully saturated rings. The zero-order valence-corrected chi connectivity index (χ0v) is 30.3. The summed E-state index contributed by atoms with van der Waals surface area (Å²) in [6, 6.07) is 41.6. The van der Waals surface area contributed by atoms with Gasteiger partial charge in [0.15, 0.2) is 17.3 Å². The molecule has 0 aliphatic heterocycles. The molecular formula is C44H36O8S. The second-order valence-corrected chi connectivity index (χ2v) is 13.7. The number of benzene rings is 6. The highest BCUT2D eigenvalue weighted by molar-refractivity contribution is 7.94. The van der Waals surface area contributed by atoms with Crippen LogP contribution in [0.4, 0.5) is 0 Å². The van der Waals surface area contributed by atoms with Gasteiger partial charge in [0.2, 0.25) is 0 Å². The molecule has 266 valence electrons. The molecule has 0 unspecified atom stereocenters. The van der Waals surface area contributed by atoms with Crippen LogP contribution in [0, 0.1) is 6.92 Å². The Balaban J connectivity index is 1.09. The number of hydrogen-bond donors (Lipinski definition) is 1. The Bertz CT molecular complexity index is 2240. The first-order chi connectivity index (χ1) is 25.5. The average Bonchev–Trinajstić information content (AvgIpc) is 3.18. The maximum absolute atomic E-state index is 13.3. The highest BCUT2D eigenvalue weighted by atomic mass is 32.2. The molecule has 0 amide bonds. The quantitative estimate of drug-likeness (QED) is 0.0508. The van der Waals surface area contributed by atoms with Gasteiger partial charge in [-0.2, -0.15) is 0 Å². The van der Waals surface area contributed by atoms with E-state index < -0.39 is 0 Å². The van der Waals surface area contributed by atoms with Crippen LogP contribution in [0.25, 0.3) is 0 Å². The molecule has 0 aromatic heterocycles. The number of carbonyl (C=O) groups excluding carboxylic acids is 3. The highest BCUT2D eigenvalue weighted by Gasteiger charge is 2.24. The molecule has 8 nitrogen and oxygen atoms in total. The third-order valence-electron chi connectivity index (χ3n) is 8.94. The van der Waals surface area contributed by atoms with Gasteiger partial charge in [-0.15, -0.1) is 4.33 Å². The number of ether oxygens (including phenoxy) is 2. The van der Waals surface area contributed by atoms with E-state index in [1.54, 1.807) is 78.9 Å². The number of carbonyl (C=O) groups is 3. The van der Waals surface area contributed by atoms with E-state index in [1.165, 1.54) is 6.92 Å². The van der Waals surface area contributed by atoms with Crippen LogP contribution < -0.4 is 9.47 Å². The largest absolute Gasteiger partial charge is 0.457 e. The fraction of sp³-hybridized carbons (Fsp3) is 0.114. The van der Waals surface area contributed by atoms with Crippen molar-refractivity contribution in [2.75, 3.05) is 0 Å². The lowest BCUT2D eigenvalue weighted by Gasteiger charge is -2.26. The van der Waals surface area contributed by atoms with Crippen molar-refractivity contribution in [2.45, 2.75) is 38.0 Å². The molecule has 6 rings (SSSR count). The van der Waals surface area contributed by atoms with E-state index in [1.807, 2.05) is 67.6 Å². The Labute approximate surface area is 312 Å². The Morgan fingerprint density at radius 3 is 1.55 bits per heavy atom. The van der Waals surface area contributed by atoms with Crippen molar-refractivity contribution in [1.29, 1.82) is 0 Å². The first kappa shape index (κ1) is 36.9. The van der Waals surface area contributed by atoms with Crippen molar-refractivity contribution in [1.82, 2.24) is 0 Å². The topological polar surface area (TPSA) is 108 Å². The molecule has 53 heavy (non-hydrogen) atoms. The van der Waals surface area contributed by atoms with Crippen LogP contribution in [-0.4, -0.2) is 22.6 Å². The summed E-state index contributed by atoms with van der Waals surface area (Å²) < 4.78 is 16.8. The summed E-state index contributed by atoms with van der Waals surface area (Å²) in [7, 11) is 0. The molecule has 0 heterocycles. The van der Waals surface area contributed by atoms with Gasteiger partial charge in [0, 0.05) is 33.2 Å². The zero-order valence-electron chi connectivity index (χ0n) is 29.5. The molecule has 0 aliphatic carbocycles. The van der Waals surface area contributed by atoms with E-state index in [4.69, 9.17) is 14.7 Å². The number of hydrogen-bond acceptors (Lipinski definition) is 9. The van der Waals surface area contributed by atoms with Gasteiger partial charge in [-0.3, -0.25) is 14.4 Å². The normalized spacial score (nSPS) is 11.2. The van der Waals surface area contributed by atoms with E-state index in [9.17, 15) is 14.4 Å². The molecule has 0 atom stereocenters. The lowest BCUT2D eigenvalue weighted by atomic mass is 9.78. The van der Waals surface area contributed by atoms with Crippen LogP contribution in [-0.2, 0) is 14.8 Å². The van der Waals surface area contributed by atoms with Crippen LogP contribution in [0.3, 0.4) is 0 Å². The molecule has 6 aromatic carbocycles. The molecule has 0 saturated heterocycles. The second-order valence-electron chi connectivity index (χ2n) is 13.0. The summed E-state index contributed by atoms with van der Waals surface area (Å²) in [6.07, 6.45) is 0. The van der Waals surface area contributed by atoms with E-state index in [-0.39, 0.29) is 22.8 Å². The van der Waals surface area contributed by atoms with Gasteiger partial charge in [-0.05, 0) is 97.8 Å². The van der Waals surface area contributed by atoms with E-state index in [2.05, 4.69) is 23.2 Å². The summed E-state index contributed by atoms with van der Waals surface area (Å²) in [5.74, 6) is 1.80. The number of aryl methyl sites for hydroxylation is 1. The smallest absolute Gasteiger partial charge is 0.193 e. The van der Waals surface area contributed by atoms with Crippen LogP contribution in [0.5, 0.6) is 23.0 Å². The summed E-state index contributed by atoms with van der Waals surface area (Å²) >= 11 is 0.723. The van der Waals surface area contributed by atoms with E-state index in [0.29, 0.717) is 55.7 Å². The van der Waals surface area contributed by atoms with E-state index >= 15 is 0 Å². The molecule has 0 radical (unpaired) electrons. The SMILES string of the molecule is CC(=O)c1ccc(Oc2ccc(C(C)(C)c3ccc(Oc4ccc(C(=O)c5cccc(C(=O)c6ccc(C)cc6)c5)cc4)cc3)cc2)c(SOOO)c1. The van der Waals surface area contributed by atoms with Gasteiger partial charge in [-0.1, -0.05) is 91.2 Å². The molecule has 0 saturated carbocycles. The maximum atomic E-state index is 13.3. The lowest BCUT2D eigenvalue weighted by Crippen LogP contribution is -2.18. The first-order valence-electron chi connectivity index (χ1n) is 16.7. The number of ketones is 3. The van der Waals surface area contributed by atoms with Crippen LogP contribution >= 0.6 is 12.0 Å². The fourth-order valence-electron chi connectivity index (χ4n) is 5.75. The Hall–Kier alpha value is -5.84. The van der Waals surface area contributed by atoms with Crippen molar-refractivity contribution < 1.29 is 38.5 Å². The van der Waals surface area contributed by atoms with Crippen LogP contribution in [0.2, 0.25) is 0 Å². The predicted octanol–water partition coefficient (Wildman–Crippen LogP) is 11.0. The maximum Gasteiger partial charge on any atom is 0.193 e. The monoisotopic (exact) mass is 724 g/mol. The molecule has 6 aromatic rings. The molecular weight excluding hydrogens is 689 g/mol. The first-order valence-corrected chi connectivity index (χ1v) is 17.5. The number of rotatable bonds is 14. The summed E-state index contributed by atoms with van der Waals surface area (Å²) in [6.45, 7) is 7.68. The molecule has 0 spiro atoms. The van der Waals surface area contributed by atoms with Gasteiger partial charge in [0.05, 0.1) is 16.9 Å². The Kier molecular flexibility index (Phi) is 11.3. The summed E-state index contributed by atoms with van der Waals surface area (Å²) in [5.41, 5.74) is 5.27. The van der Waals surface area contributed by atoms with Crippen molar-refractivity contribution in [3.63, 3.8) is 0 Å². The standard InChI is InChI=1S/C44H36O8S/c1-28-8-10-30(11-9-28)42(46)33-6-5-7-34(26-33)43(47)31-12-19-37(20-13-31)49-38-21-15-35(16-22-38)44(3,4)36-17-23-39(24-18-36)50-40-25-14-32(29(2)45)27-41(40)53-52-51-48/h5-27,48H,1-4H3. The molecule has 9 heteroatoms. The third kappa shape index (κ3) is 8.80. The number of Topliss-reactive ketones (excluding diaryl/α,β-unsaturated/α-hetero) is 1. The van der Waals surface area contributed by atoms with Gasteiger partial charge in [-0.25, -0.2) is 5.26 Å². The van der Waals surface area contributed by atoms with Crippen LogP contribution in [0.1, 0.15) is 79.7 Å². The lowest BCUT2D eigenvalue weighted by molar-refractivity contribution is -0.432. The minimum atomic E-state index is -0.350. The summed E-state index contributed by atoms with van der Waals surface area (Å²) in [5, 5.41) is 12.3. The molecule has 0 bridgehead atoms. The van der Waals surface area contributed by atoms with E-state index in [0.717, 1.165) is 28.7 Å². The molecule has 1 N–H and O–H groups in total. The van der Waals surface area contributed by atoms with Gasteiger partial charge in [0.1, 0.15) is 23.0 Å². The van der Waals surface area contributed by atoms with Crippen molar-refractivity contribution in [3.05, 3.63) is 184 Å². The molecule has 0 aliphatic rings. The van der Waals surface area contributed by atoms with Gasteiger partial charge >= 0.3 is 0 Å². The summed E-state index contributed by atoms with van der Waals surface area (Å²) in [4.78, 5) is 38.6. The van der Waals surface area contributed by atoms with Crippen molar-refractivity contribution in [2.24, 2.45) is 0 Å². The van der Waals surface area contributed by atoms with Gasteiger partial charge < -0.3 is 9.47 Å². The second kappa shape index (κ2) is 16.2. The van der Waals surface area contributed by atoms with Crippen molar-refractivity contribution >= 4 is 29.4 Å². The Morgan fingerprint density at radius 1 is 0.566 bits per heavy atom. The fourth-order valence-corrected chi connectivity index (χ4v) is 6.22. The van der Waals surface area contributed by atoms with Crippen LogP contribution in [0.15, 0.2) is 144 Å². The minimum absolute atomic E-state index is 0.120. The highest BCUT2D eigenvalue weighted by Crippen LogP contribution is 2.37. The predicted molar refractivity (Wildman–Crippen MR) is 203 cm³/mol. The van der Waals surface area contributed by atoms with Crippen molar-refractivity contribution in [3.8, 4) is 23.0 Å². The van der Waals surface area contributed by atoms with Gasteiger partial charge in [0.25, 0.3) is 0 Å². The minimum Gasteiger partial charge on any atom is -0.457 e. The zero-order chi connectivity index (χ0) is 37.5. The average molecular weight is 725 g/mol.